The van der Waals surface area contributed by atoms with Gasteiger partial charge in [-0.2, -0.15) is 0 Å². The first-order valence-corrected chi connectivity index (χ1v) is 14.6. The molecule has 0 amide bonds. The van der Waals surface area contributed by atoms with Crippen LogP contribution in [0, 0.1) is 10.1 Å². The van der Waals surface area contributed by atoms with Crippen molar-refractivity contribution in [3.8, 4) is 0 Å². The molecule has 0 unspecified atom stereocenters. The van der Waals surface area contributed by atoms with Gasteiger partial charge in [-0.15, -0.1) is 0 Å². The lowest BCUT2D eigenvalue weighted by Crippen LogP contribution is -2.62. The average Bonchev–Trinajstić information content (AvgIpc) is 3.20. The first kappa shape index (κ1) is 25.3. The topological polar surface area (TPSA) is 77.3 Å². The lowest BCUT2D eigenvalue weighted by atomic mass is 9.87. The van der Waals surface area contributed by atoms with Gasteiger partial charge in [-0.05, 0) is 63.5 Å². The van der Waals surface area contributed by atoms with Gasteiger partial charge in [-0.3, -0.25) is 15.0 Å². The third kappa shape index (κ3) is 5.40. The van der Waals surface area contributed by atoms with Crippen molar-refractivity contribution in [2.45, 2.75) is 89.9 Å². The molecule has 2 heterocycles. The number of likely N-dealkylation sites (tertiary alicyclic amines) is 1. The summed E-state index contributed by atoms with van der Waals surface area (Å²) in [5, 5.41) is 12.9. The maximum atomic E-state index is 11.2. The molecule has 3 rings (SSSR count). The highest BCUT2D eigenvalue weighted by Crippen LogP contribution is 2.45. The van der Waals surface area contributed by atoms with Crippen LogP contribution in [0.5, 0.6) is 0 Å². The highest BCUT2D eigenvalue weighted by Gasteiger charge is 2.51. The Kier molecular flexibility index (Phi) is 7.48. The molecule has 2 aliphatic heterocycles. The molecule has 8 nitrogen and oxygen atoms in total. The molecule has 3 atom stereocenters. The van der Waals surface area contributed by atoms with Gasteiger partial charge in [0.2, 0.25) is 8.32 Å². The van der Waals surface area contributed by atoms with Crippen LogP contribution in [0.3, 0.4) is 0 Å². The summed E-state index contributed by atoms with van der Waals surface area (Å²) < 4.78 is 12.8. The van der Waals surface area contributed by atoms with Gasteiger partial charge in [0.15, 0.2) is 5.79 Å². The van der Waals surface area contributed by atoms with Gasteiger partial charge in [0.05, 0.1) is 4.92 Å². The van der Waals surface area contributed by atoms with Crippen LogP contribution in [0.25, 0.3) is 0 Å². The Morgan fingerprint density at radius 3 is 2.31 bits per heavy atom. The summed E-state index contributed by atoms with van der Waals surface area (Å²) in [6.45, 7) is 17.4. The van der Waals surface area contributed by atoms with Crippen molar-refractivity contribution in [3.05, 3.63) is 39.9 Å². The quantitative estimate of drug-likeness (QED) is 0.302. The fourth-order valence-corrected chi connectivity index (χ4v) is 5.15. The minimum atomic E-state index is -2.20. The lowest BCUT2D eigenvalue weighted by Gasteiger charge is -2.52. The number of hydroxylamine groups is 2. The van der Waals surface area contributed by atoms with Crippen molar-refractivity contribution in [2.75, 3.05) is 19.7 Å². The van der Waals surface area contributed by atoms with Gasteiger partial charge in [-0.1, -0.05) is 38.1 Å². The van der Waals surface area contributed by atoms with Crippen molar-refractivity contribution in [1.82, 2.24) is 10.1 Å². The van der Waals surface area contributed by atoms with Crippen molar-refractivity contribution in [1.29, 1.82) is 0 Å². The molecule has 0 aromatic heterocycles. The second kappa shape index (κ2) is 9.48. The van der Waals surface area contributed by atoms with Crippen molar-refractivity contribution < 1.29 is 19.0 Å². The third-order valence-corrected chi connectivity index (χ3v) is 11.3. The SMILES string of the molecule is CCO[C@@]1(C)C[C@H](c2ccc([N+](=O)[O-])cc2)[C@@H](N2CCCC2)N(O[Si](C)(C)C(C)(C)C)O1. The molecule has 0 bridgehead atoms. The molecule has 2 fully saturated rings. The summed E-state index contributed by atoms with van der Waals surface area (Å²) in [5.74, 6) is -0.830. The molecule has 2 saturated heterocycles. The molecule has 0 radical (unpaired) electrons. The number of hydrogen-bond donors (Lipinski definition) is 0. The van der Waals surface area contributed by atoms with Crippen molar-refractivity contribution >= 4 is 14.0 Å². The fraction of sp³-hybridized carbons (Fsp3) is 0.739. The van der Waals surface area contributed by atoms with Crippen LogP contribution in [-0.4, -0.2) is 55.0 Å². The van der Waals surface area contributed by atoms with Crippen LogP contribution < -0.4 is 0 Å². The zero-order chi connectivity index (χ0) is 23.7. The van der Waals surface area contributed by atoms with Gasteiger partial charge >= 0.3 is 0 Å². The number of benzene rings is 1. The highest BCUT2D eigenvalue weighted by atomic mass is 28.4. The van der Waals surface area contributed by atoms with Crippen LogP contribution in [0.1, 0.15) is 65.4 Å². The van der Waals surface area contributed by atoms with E-state index in [1.54, 1.807) is 17.4 Å². The van der Waals surface area contributed by atoms with Crippen LogP contribution in [0.4, 0.5) is 5.69 Å². The van der Waals surface area contributed by atoms with Crippen molar-refractivity contribution in [3.63, 3.8) is 0 Å². The smallest absolute Gasteiger partial charge is 0.269 e. The predicted molar refractivity (Wildman–Crippen MR) is 126 cm³/mol. The molecule has 180 valence electrons. The molecular weight excluding hydrogens is 426 g/mol. The largest absolute Gasteiger partial charge is 0.349 e. The second-order valence-electron chi connectivity index (χ2n) is 10.6. The average molecular weight is 466 g/mol. The minimum Gasteiger partial charge on any atom is -0.349 e. The fourth-order valence-electron chi connectivity index (χ4n) is 4.29. The molecular formula is C23H39N3O5Si. The Hall–Kier alpha value is -1.36. The maximum Gasteiger partial charge on any atom is 0.269 e. The Morgan fingerprint density at radius 1 is 1.22 bits per heavy atom. The number of rotatable bonds is 7. The summed E-state index contributed by atoms with van der Waals surface area (Å²) in [6.07, 6.45) is 2.79. The minimum absolute atomic E-state index is 0.00817. The lowest BCUT2D eigenvalue weighted by molar-refractivity contribution is -0.475. The van der Waals surface area contributed by atoms with E-state index < -0.39 is 14.1 Å². The summed E-state index contributed by atoms with van der Waals surface area (Å²) in [7, 11) is -2.20. The molecule has 32 heavy (non-hydrogen) atoms. The summed E-state index contributed by atoms with van der Waals surface area (Å²) in [6, 6.07) is 6.91. The number of hydrogen-bond acceptors (Lipinski definition) is 7. The molecule has 9 heteroatoms. The molecule has 2 aliphatic rings. The van der Waals surface area contributed by atoms with Crippen LogP contribution >= 0.6 is 0 Å². The number of ether oxygens (including phenoxy) is 1. The molecule has 1 aromatic carbocycles. The number of nitrogens with zero attached hydrogens (tertiary/aromatic N) is 3. The Morgan fingerprint density at radius 2 is 1.81 bits per heavy atom. The van der Waals surface area contributed by atoms with Gasteiger partial charge in [0.1, 0.15) is 6.17 Å². The monoisotopic (exact) mass is 465 g/mol. The van der Waals surface area contributed by atoms with Crippen LogP contribution in [0.15, 0.2) is 24.3 Å². The zero-order valence-corrected chi connectivity index (χ0v) is 21.6. The van der Waals surface area contributed by atoms with Gasteiger partial charge < -0.3 is 9.26 Å². The normalized spacial score (nSPS) is 28.2. The first-order chi connectivity index (χ1) is 14.9. The van der Waals surface area contributed by atoms with E-state index in [0.717, 1.165) is 31.5 Å². The zero-order valence-electron chi connectivity index (χ0n) is 20.6. The number of non-ortho nitro benzene ring substituents is 1. The van der Waals surface area contributed by atoms with E-state index in [2.05, 4.69) is 38.8 Å². The Balaban J connectivity index is 2.03. The van der Waals surface area contributed by atoms with E-state index in [9.17, 15) is 10.1 Å². The number of nitro groups is 1. The number of nitro benzene ring substituents is 1. The molecule has 0 aliphatic carbocycles. The standard InChI is InChI=1S/C23H39N3O5Si/c1-8-29-23(5)17-20(18-11-13-19(14-12-18)25(27)28)21(24-15-9-10-16-24)26(30-23)31-32(6,7)22(2,3)4/h11-14,20-21H,8-10,15-17H2,1-7H3/t20-,21+,23-/m1/s1. The Bertz CT molecular complexity index is 792. The molecule has 0 N–H and O–H groups in total. The van der Waals surface area contributed by atoms with Crippen molar-refractivity contribution in [2.24, 2.45) is 0 Å². The predicted octanol–water partition coefficient (Wildman–Crippen LogP) is 5.43. The third-order valence-electron chi connectivity index (χ3n) is 7.07. The van der Waals surface area contributed by atoms with Gasteiger partial charge in [0.25, 0.3) is 5.69 Å². The molecule has 0 saturated carbocycles. The molecule has 1 aromatic rings. The van der Waals surface area contributed by atoms with E-state index in [1.165, 1.54) is 0 Å². The molecule has 0 spiro atoms. The first-order valence-electron chi connectivity index (χ1n) is 11.7. The highest BCUT2D eigenvalue weighted by molar-refractivity contribution is 6.74. The summed E-state index contributed by atoms with van der Waals surface area (Å²) >= 11 is 0. The van der Waals surface area contributed by atoms with E-state index in [0.29, 0.717) is 13.0 Å². The van der Waals surface area contributed by atoms with Gasteiger partial charge in [-0.25, -0.2) is 4.84 Å². The summed E-state index contributed by atoms with van der Waals surface area (Å²) in [4.78, 5) is 19.7. The maximum absolute atomic E-state index is 11.2. The van der Waals surface area contributed by atoms with Crippen LogP contribution in [0.2, 0.25) is 18.1 Å². The van der Waals surface area contributed by atoms with E-state index in [4.69, 9.17) is 14.1 Å². The summed E-state index contributed by atoms with van der Waals surface area (Å²) in [5.41, 5.74) is 1.13. The Labute approximate surface area is 193 Å². The van der Waals surface area contributed by atoms with E-state index in [-0.39, 0.29) is 27.7 Å². The second-order valence-corrected chi connectivity index (χ2v) is 15.3. The van der Waals surface area contributed by atoms with E-state index >= 15 is 0 Å². The van der Waals surface area contributed by atoms with Gasteiger partial charge in [0, 0.05) is 31.1 Å². The van der Waals surface area contributed by atoms with E-state index in [1.807, 2.05) is 26.0 Å². The van der Waals surface area contributed by atoms with Crippen LogP contribution in [-0.2, 0) is 14.1 Å².